The molecule has 0 aliphatic heterocycles. The second-order valence-corrected chi connectivity index (χ2v) is 8.65. The lowest BCUT2D eigenvalue weighted by molar-refractivity contribution is 0.216. The number of hydrogen-bond donors (Lipinski definition) is 2. The lowest BCUT2D eigenvalue weighted by Gasteiger charge is -2.35. The van der Waals surface area contributed by atoms with Gasteiger partial charge in [0.15, 0.2) is 5.96 Å². The number of nitrogens with zero attached hydrogens (tertiary/aromatic N) is 2. The van der Waals surface area contributed by atoms with Gasteiger partial charge in [-0.25, -0.2) is 9.98 Å². The van der Waals surface area contributed by atoms with Crippen LogP contribution in [0.4, 0.5) is 0 Å². The van der Waals surface area contributed by atoms with Crippen LogP contribution in [0.3, 0.4) is 0 Å². The molecular formula is C19H35IN4O. The third-order valence-electron chi connectivity index (χ3n) is 4.69. The van der Waals surface area contributed by atoms with Crippen molar-refractivity contribution in [1.82, 2.24) is 15.6 Å². The molecule has 5 nitrogen and oxygen atoms in total. The van der Waals surface area contributed by atoms with Crippen LogP contribution >= 0.6 is 24.0 Å². The van der Waals surface area contributed by atoms with Gasteiger partial charge < -0.3 is 15.1 Å². The Morgan fingerprint density at radius 1 is 1.32 bits per heavy atom. The minimum absolute atomic E-state index is 0. The summed E-state index contributed by atoms with van der Waals surface area (Å²) in [6.45, 7) is 14.5. The van der Waals surface area contributed by atoms with Gasteiger partial charge in [0.05, 0.1) is 6.20 Å². The Morgan fingerprint density at radius 3 is 2.48 bits per heavy atom. The molecule has 1 aromatic heterocycles. The van der Waals surface area contributed by atoms with E-state index >= 15 is 0 Å². The van der Waals surface area contributed by atoms with Crippen LogP contribution in [0.1, 0.15) is 78.9 Å². The number of rotatable bonds is 4. The molecule has 1 heterocycles. The van der Waals surface area contributed by atoms with Crippen molar-refractivity contribution in [3.8, 4) is 0 Å². The van der Waals surface area contributed by atoms with Crippen molar-refractivity contribution >= 4 is 29.9 Å². The van der Waals surface area contributed by atoms with Gasteiger partial charge in [-0.3, -0.25) is 0 Å². The summed E-state index contributed by atoms with van der Waals surface area (Å²) in [6.07, 6.45) is 6.74. The van der Waals surface area contributed by atoms with Gasteiger partial charge >= 0.3 is 0 Å². The van der Waals surface area contributed by atoms with E-state index < -0.39 is 0 Å². The maximum Gasteiger partial charge on any atom is 0.216 e. The van der Waals surface area contributed by atoms with E-state index in [4.69, 9.17) is 4.42 Å². The second-order valence-electron chi connectivity index (χ2n) is 8.65. The first kappa shape index (κ1) is 22.3. The monoisotopic (exact) mass is 462 g/mol. The molecule has 0 spiro atoms. The fourth-order valence-corrected chi connectivity index (χ4v) is 2.93. The molecule has 1 aliphatic carbocycles. The smallest absolute Gasteiger partial charge is 0.216 e. The van der Waals surface area contributed by atoms with Crippen LogP contribution in [-0.2, 0) is 12.0 Å². The zero-order chi connectivity index (χ0) is 17.8. The van der Waals surface area contributed by atoms with Crippen molar-refractivity contribution in [2.45, 2.75) is 85.2 Å². The summed E-state index contributed by atoms with van der Waals surface area (Å²) in [5.74, 6) is 2.43. The molecule has 0 radical (unpaired) electrons. The van der Waals surface area contributed by atoms with Gasteiger partial charge in [-0.2, -0.15) is 0 Å². The van der Waals surface area contributed by atoms with Crippen LogP contribution in [-0.4, -0.2) is 23.5 Å². The molecule has 2 N–H and O–H groups in total. The van der Waals surface area contributed by atoms with Crippen molar-refractivity contribution in [2.75, 3.05) is 6.54 Å². The van der Waals surface area contributed by atoms with E-state index in [9.17, 15) is 0 Å². The fourth-order valence-electron chi connectivity index (χ4n) is 2.93. The Balaban J connectivity index is 0.00000312. The molecular weight excluding hydrogens is 427 g/mol. The first-order valence-electron chi connectivity index (χ1n) is 9.20. The summed E-state index contributed by atoms with van der Waals surface area (Å²) in [4.78, 5) is 9.00. The maximum atomic E-state index is 5.82. The standard InChI is InChI=1S/C19H34N4O.HI/c1-7-20-17(23-14-8-10-19(5,6)11-9-14)22-13-16-21-12-15(24-16)18(2,3)4;/h12,14H,7-11,13H2,1-6H3,(H2,20,22,23);1H. The predicted molar refractivity (Wildman–Crippen MR) is 115 cm³/mol. The Morgan fingerprint density at radius 2 is 1.96 bits per heavy atom. The van der Waals surface area contributed by atoms with Gasteiger partial charge in [-0.1, -0.05) is 34.6 Å². The molecule has 1 saturated carbocycles. The Labute approximate surface area is 169 Å². The number of nitrogens with one attached hydrogen (secondary N) is 2. The van der Waals surface area contributed by atoms with Crippen LogP contribution in [0.5, 0.6) is 0 Å². The Hall–Kier alpha value is -0.790. The van der Waals surface area contributed by atoms with Crippen LogP contribution < -0.4 is 10.6 Å². The van der Waals surface area contributed by atoms with Crippen molar-refractivity contribution in [1.29, 1.82) is 0 Å². The molecule has 0 unspecified atom stereocenters. The van der Waals surface area contributed by atoms with Crippen LogP contribution in [0.25, 0.3) is 0 Å². The minimum Gasteiger partial charge on any atom is -0.443 e. The fraction of sp³-hybridized carbons (Fsp3) is 0.789. The van der Waals surface area contributed by atoms with E-state index in [0.29, 0.717) is 23.9 Å². The average molecular weight is 462 g/mol. The van der Waals surface area contributed by atoms with E-state index in [2.05, 4.69) is 62.2 Å². The molecule has 6 heteroatoms. The average Bonchev–Trinajstić information content (AvgIpc) is 2.96. The third kappa shape index (κ3) is 7.15. The summed E-state index contributed by atoms with van der Waals surface area (Å²) in [7, 11) is 0. The zero-order valence-corrected chi connectivity index (χ0v) is 18.9. The summed E-state index contributed by atoms with van der Waals surface area (Å²) in [5, 5.41) is 6.90. The molecule has 0 saturated heterocycles. The highest BCUT2D eigenvalue weighted by molar-refractivity contribution is 14.0. The van der Waals surface area contributed by atoms with Crippen molar-refractivity contribution in [3.05, 3.63) is 17.8 Å². The number of halogens is 1. The quantitative estimate of drug-likeness (QED) is 0.390. The van der Waals surface area contributed by atoms with Gasteiger partial charge in [0.25, 0.3) is 0 Å². The molecule has 2 rings (SSSR count). The van der Waals surface area contributed by atoms with E-state index in [1.807, 2.05) is 6.20 Å². The molecule has 0 aromatic carbocycles. The van der Waals surface area contributed by atoms with Gasteiger partial charge in [0.2, 0.25) is 5.89 Å². The lowest BCUT2D eigenvalue weighted by atomic mass is 9.75. The number of hydrogen-bond acceptors (Lipinski definition) is 3. The normalized spacial score (nSPS) is 18.6. The van der Waals surface area contributed by atoms with E-state index in [0.717, 1.165) is 18.3 Å². The minimum atomic E-state index is -0.0212. The van der Waals surface area contributed by atoms with Crippen LogP contribution in [0.15, 0.2) is 15.6 Å². The van der Waals surface area contributed by atoms with E-state index in [-0.39, 0.29) is 29.4 Å². The highest BCUT2D eigenvalue weighted by Gasteiger charge is 2.27. The van der Waals surface area contributed by atoms with Gasteiger partial charge in [-0.15, -0.1) is 24.0 Å². The van der Waals surface area contributed by atoms with E-state index in [1.54, 1.807) is 0 Å². The molecule has 1 aromatic rings. The van der Waals surface area contributed by atoms with Crippen LogP contribution in [0.2, 0.25) is 0 Å². The topological polar surface area (TPSA) is 62.5 Å². The van der Waals surface area contributed by atoms with Crippen LogP contribution in [0, 0.1) is 5.41 Å². The summed E-state index contributed by atoms with van der Waals surface area (Å²) < 4.78 is 5.82. The first-order valence-corrected chi connectivity index (χ1v) is 9.20. The lowest BCUT2D eigenvalue weighted by Crippen LogP contribution is -2.45. The highest BCUT2D eigenvalue weighted by Crippen LogP contribution is 2.34. The molecule has 0 bridgehead atoms. The summed E-state index contributed by atoms with van der Waals surface area (Å²) in [6, 6.07) is 0.505. The second kappa shape index (κ2) is 9.24. The van der Waals surface area contributed by atoms with Gasteiger partial charge in [0, 0.05) is 18.0 Å². The third-order valence-corrected chi connectivity index (χ3v) is 4.69. The Bertz CT molecular complexity index is 550. The van der Waals surface area contributed by atoms with E-state index in [1.165, 1.54) is 25.7 Å². The summed E-state index contributed by atoms with van der Waals surface area (Å²) in [5.41, 5.74) is 0.460. The number of aromatic nitrogens is 1. The van der Waals surface area contributed by atoms with Crippen molar-refractivity contribution in [2.24, 2.45) is 10.4 Å². The van der Waals surface area contributed by atoms with Gasteiger partial charge in [0.1, 0.15) is 12.3 Å². The molecule has 0 atom stereocenters. The maximum absolute atomic E-state index is 5.82. The molecule has 25 heavy (non-hydrogen) atoms. The SMILES string of the molecule is CCNC(=NCc1ncc(C(C)(C)C)o1)NC1CCC(C)(C)CC1.I. The number of aliphatic imine (C=N–C) groups is 1. The Kier molecular flexibility index (Phi) is 8.22. The van der Waals surface area contributed by atoms with Crippen molar-refractivity contribution < 1.29 is 4.42 Å². The predicted octanol–water partition coefficient (Wildman–Crippen LogP) is 4.61. The number of oxazole rings is 1. The van der Waals surface area contributed by atoms with Crippen molar-refractivity contribution in [3.63, 3.8) is 0 Å². The first-order chi connectivity index (χ1) is 11.2. The zero-order valence-electron chi connectivity index (χ0n) is 16.6. The molecule has 1 aliphatic rings. The number of guanidine groups is 1. The highest BCUT2D eigenvalue weighted by atomic mass is 127. The molecule has 0 amide bonds. The largest absolute Gasteiger partial charge is 0.443 e. The molecule has 144 valence electrons. The van der Waals surface area contributed by atoms with Gasteiger partial charge in [-0.05, 0) is 38.0 Å². The molecule has 1 fully saturated rings. The summed E-state index contributed by atoms with van der Waals surface area (Å²) >= 11 is 0.